The monoisotopic (exact) mass is 282 g/mol. The first-order valence-corrected chi connectivity index (χ1v) is 8.81. The van der Waals surface area contributed by atoms with Gasteiger partial charge in [-0.15, -0.1) is 0 Å². The molecule has 0 amide bonds. The van der Waals surface area contributed by atoms with E-state index >= 15 is 0 Å². The summed E-state index contributed by atoms with van der Waals surface area (Å²) in [7, 11) is 0. The van der Waals surface area contributed by atoms with E-state index in [-0.39, 0.29) is 11.2 Å². The Morgan fingerprint density at radius 1 is 1.00 bits per heavy atom. The minimum absolute atomic E-state index is 0.169. The van der Waals surface area contributed by atoms with Gasteiger partial charge in [0.15, 0.2) is 5.79 Å². The topological polar surface area (TPSA) is 18.5 Å². The van der Waals surface area contributed by atoms with Gasteiger partial charge in [-0.25, -0.2) is 0 Å². The molecule has 0 bridgehead atoms. The second-order valence-corrected chi connectivity index (χ2v) is 7.76. The van der Waals surface area contributed by atoms with Gasteiger partial charge >= 0.3 is 0 Å². The number of unbranched alkanes of at least 4 members (excludes halogenated alkanes) is 5. The number of hydrogen-bond donors (Lipinski definition) is 0. The van der Waals surface area contributed by atoms with Crippen LogP contribution in [0, 0.1) is 11.3 Å². The summed E-state index contributed by atoms with van der Waals surface area (Å²) in [6.07, 6.45) is 12.0. The molecule has 1 heterocycles. The third-order valence-corrected chi connectivity index (χ3v) is 5.25. The summed E-state index contributed by atoms with van der Waals surface area (Å²) in [6, 6.07) is 0. The summed E-state index contributed by atoms with van der Waals surface area (Å²) in [5.74, 6) is 0.442. The Balaban J connectivity index is 1.70. The van der Waals surface area contributed by atoms with E-state index < -0.39 is 0 Å². The fourth-order valence-corrected chi connectivity index (χ4v) is 4.16. The normalized spacial score (nSPS) is 36.0. The Morgan fingerprint density at radius 3 is 2.35 bits per heavy atom. The highest BCUT2D eigenvalue weighted by Crippen LogP contribution is 2.54. The van der Waals surface area contributed by atoms with Crippen LogP contribution in [-0.4, -0.2) is 18.5 Å². The van der Waals surface area contributed by atoms with Gasteiger partial charge in [-0.1, -0.05) is 66.2 Å². The van der Waals surface area contributed by atoms with E-state index in [0.29, 0.717) is 6.10 Å². The Morgan fingerprint density at radius 2 is 1.70 bits per heavy atom. The standard InChI is InChI=1S/C18H34O2/c1-5-6-7-8-9-10-11-16-14-19-18(20-16)13-15(2)12-17(18,3)4/h15-16H,5-14H2,1-4H3. The molecular weight excluding hydrogens is 248 g/mol. The van der Waals surface area contributed by atoms with Crippen molar-refractivity contribution >= 4 is 0 Å². The quantitative estimate of drug-likeness (QED) is 0.589. The largest absolute Gasteiger partial charge is 0.347 e. The summed E-state index contributed by atoms with van der Waals surface area (Å²) in [5, 5.41) is 0. The molecule has 3 atom stereocenters. The molecule has 0 radical (unpaired) electrons. The van der Waals surface area contributed by atoms with Crippen molar-refractivity contribution in [1.82, 2.24) is 0 Å². The highest BCUT2D eigenvalue weighted by atomic mass is 16.7. The summed E-state index contributed by atoms with van der Waals surface area (Å²) in [4.78, 5) is 0. The SMILES string of the molecule is CCCCCCCCC1COC2(CC(C)CC2(C)C)O1. The molecular formula is C18H34O2. The van der Waals surface area contributed by atoms with Crippen molar-refractivity contribution in [2.75, 3.05) is 6.61 Å². The molecule has 0 N–H and O–H groups in total. The van der Waals surface area contributed by atoms with Gasteiger partial charge in [0.1, 0.15) is 0 Å². The molecule has 2 nitrogen and oxygen atoms in total. The predicted octanol–water partition coefficient (Wildman–Crippen LogP) is 5.30. The van der Waals surface area contributed by atoms with Crippen LogP contribution in [0.25, 0.3) is 0 Å². The van der Waals surface area contributed by atoms with Crippen molar-refractivity contribution in [2.24, 2.45) is 11.3 Å². The first kappa shape index (κ1) is 16.3. The lowest BCUT2D eigenvalue weighted by molar-refractivity contribution is -0.221. The predicted molar refractivity (Wildman–Crippen MR) is 83.7 cm³/mol. The average Bonchev–Trinajstić information content (AvgIpc) is 2.86. The molecule has 118 valence electrons. The van der Waals surface area contributed by atoms with Gasteiger partial charge in [0.25, 0.3) is 0 Å². The first-order valence-electron chi connectivity index (χ1n) is 8.81. The minimum Gasteiger partial charge on any atom is -0.347 e. The molecule has 1 aliphatic carbocycles. The van der Waals surface area contributed by atoms with Crippen molar-refractivity contribution in [2.45, 2.75) is 97.4 Å². The highest BCUT2D eigenvalue weighted by molar-refractivity contribution is 4.99. The lowest BCUT2D eigenvalue weighted by Crippen LogP contribution is -2.41. The molecule has 1 aliphatic heterocycles. The maximum atomic E-state index is 6.40. The van der Waals surface area contributed by atoms with Crippen molar-refractivity contribution in [1.29, 1.82) is 0 Å². The molecule has 0 aromatic heterocycles. The van der Waals surface area contributed by atoms with Crippen LogP contribution in [0.2, 0.25) is 0 Å². The molecule has 2 aliphatic rings. The zero-order valence-electron chi connectivity index (χ0n) is 14.0. The average molecular weight is 282 g/mol. The smallest absolute Gasteiger partial charge is 0.174 e. The third-order valence-electron chi connectivity index (χ3n) is 5.25. The van der Waals surface area contributed by atoms with Gasteiger partial charge in [-0.2, -0.15) is 0 Å². The maximum Gasteiger partial charge on any atom is 0.174 e. The minimum atomic E-state index is -0.278. The lowest BCUT2D eigenvalue weighted by atomic mass is 9.86. The Hall–Kier alpha value is -0.0800. The molecule has 1 saturated carbocycles. The zero-order chi connectivity index (χ0) is 14.6. The molecule has 2 fully saturated rings. The van der Waals surface area contributed by atoms with Gasteiger partial charge in [0.2, 0.25) is 0 Å². The molecule has 1 spiro atoms. The van der Waals surface area contributed by atoms with Crippen molar-refractivity contribution < 1.29 is 9.47 Å². The van der Waals surface area contributed by atoms with Gasteiger partial charge in [-0.3, -0.25) is 0 Å². The van der Waals surface area contributed by atoms with E-state index in [1.807, 2.05) is 0 Å². The van der Waals surface area contributed by atoms with E-state index in [4.69, 9.17) is 9.47 Å². The van der Waals surface area contributed by atoms with Crippen LogP contribution in [0.3, 0.4) is 0 Å². The summed E-state index contributed by atoms with van der Waals surface area (Å²) in [6.45, 7) is 10.0. The molecule has 2 rings (SSSR count). The highest BCUT2D eigenvalue weighted by Gasteiger charge is 2.57. The molecule has 2 heteroatoms. The maximum absolute atomic E-state index is 6.40. The molecule has 1 saturated heterocycles. The zero-order valence-corrected chi connectivity index (χ0v) is 14.0. The van der Waals surface area contributed by atoms with Crippen molar-refractivity contribution in [3.63, 3.8) is 0 Å². The van der Waals surface area contributed by atoms with E-state index in [9.17, 15) is 0 Å². The van der Waals surface area contributed by atoms with Gasteiger partial charge in [0.05, 0.1) is 12.7 Å². The van der Waals surface area contributed by atoms with Gasteiger partial charge in [-0.05, 0) is 18.8 Å². The van der Waals surface area contributed by atoms with Crippen LogP contribution >= 0.6 is 0 Å². The van der Waals surface area contributed by atoms with Crippen molar-refractivity contribution in [3.05, 3.63) is 0 Å². The lowest BCUT2D eigenvalue weighted by Gasteiger charge is -2.36. The van der Waals surface area contributed by atoms with Gasteiger partial charge in [0, 0.05) is 11.8 Å². The second-order valence-electron chi connectivity index (χ2n) is 7.76. The summed E-state index contributed by atoms with van der Waals surface area (Å²) in [5.41, 5.74) is 0.169. The van der Waals surface area contributed by atoms with E-state index in [0.717, 1.165) is 18.9 Å². The van der Waals surface area contributed by atoms with Gasteiger partial charge < -0.3 is 9.47 Å². The first-order chi connectivity index (χ1) is 9.49. The molecule has 0 aromatic rings. The Labute approximate surface area is 125 Å². The van der Waals surface area contributed by atoms with Crippen molar-refractivity contribution in [3.8, 4) is 0 Å². The van der Waals surface area contributed by atoms with E-state index in [1.54, 1.807) is 0 Å². The fourth-order valence-electron chi connectivity index (χ4n) is 4.16. The summed E-state index contributed by atoms with van der Waals surface area (Å²) >= 11 is 0. The van der Waals surface area contributed by atoms with E-state index in [1.165, 1.54) is 51.4 Å². The van der Waals surface area contributed by atoms with Crippen LogP contribution in [-0.2, 0) is 9.47 Å². The van der Waals surface area contributed by atoms with E-state index in [2.05, 4.69) is 27.7 Å². The van der Waals surface area contributed by atoms with Crippen LogP contribution in [0.15, 0.2) is 0 Å². The van der Waals surface area contributed by atoms with Crippen LogP contribution in [0.1, 0.15) is 85.5 Å². The number of hydrogen-bond acceptors (Lipinski definition) is 2. The van der Waals surface area contributed by atoms with Crippen LogP contribution in [0.4, 0.5) is 0 Å². The molecule has 0 aromatic carbocycles. The third kappa shape index (κ3) is 3.57. The number of ether oxygens (including phenoxy) is 2. The fraction of sp³-hybridized carbons (Fsp3) is 1.00. The summed E-state index contributed by atoms with van der Waals surface area (Å²) < 4.78 is 12.6. The second kappa shape index (κ2) is 6.79. The molecule has 3 unspecified atom stereocenters. The van der Waals surface area contributed by atoms with Crippen LogP contribution in [0.5, 0.6) is 0 Å². The Bertz CT molecular complexity index is 300. The molecule has 20 heavy (non-hydrogen) atoms. The Kier molecular flexibility index (Phi) is 5.53. The number of rotatable bonds is 7. The van der Waals surface area contributed by atoms with Crippen LogP contribution < -0.4 is 0 Å².